The third-order valence-electron chi connectivity index (χ3n) is 2.37. The summed E-state index contributed by atoms with van der Waals surface area (Å²) in [6.07, 6.45) is 1.71. The molecule has 0 saturated heterocycles. The summed E-state index contributed by atoms with van der Waals surface area (Å²) in [4.78, 5) is 0. The van der Waals surface area contributed by atoms with Crippen LogP contribution in [0.3, 0.4) is 0 Å². The Kier molecular flexibility index (Phi) is 3.87. The monoisotopic (exact) mass is 231 g/mol. The summed E-state index contributed by atoms with van der Waals surface area (Å²) in [6, 6.07) is 0. The van der Waals surface area contributed by atoms with Gasteiger partial charge in [0.25, 0.3) is 0 Å². The lowest BCUT2D eigenvalue weighted by Crippen LogP contribution is -2.24. The average Bonchev–Trinajstić information content (AvgIpc) is 2.57. The van der Waals surface area contributed by atoms with Crippen LogP contribution in [0, 0.1) is 6.92 Å². The Morgan fingerprint density at radius 3 is 2.60 bits per heavy atom. The Labute approximate surface area is 90.5 Å². The second kappa shape index (κ2) is 4.76. The molecule has 1 aromatic heterocycles. The molecule has 0 aliphatic carbocycles. The molecule has 6 heteroatoms. The van der Waals surface area contributed by atoms with Gasteiger partial charge in [-0.3, -0.25) is 4.68 Å². The summed E-state index contributed by atoms with van der Waals surface area (Å²) in [5.74, 6) is 0.105. The standard InChI is InChI=1S/C9H17N3O2S/c1-4-12-8(3)9(6-10-12)7-11-15(13,14)5-2/h6,11H,4-5,7H2,1-3H3. The molecule has 0 spiro atoms. The highest BCUT2D eigenvalue weighted by Gasteiger charge is 2.09. The van der Waals surface area contributed by atoms with Crippen LogP contribution >= 0.6 is 0 Å². The molecule has 0 aliphatic rings. The molecular formula is C9H17N3O2S. The molecule has 1 aromatic rings. The van der Waals surface area contributed by atoms with E-state index in [1.165, 1.54) is 0 Å². The Balaban J connectivity index is 2.70. The van der Waals surface area contributed by atoms with E-state index in [0.717, 1.165) is 17.8 Å². The van der Waals surface area contributed by atoms with Gasteiger partial charge in [0.1, 0.15) is 0 Å². The van der Waals surface area contributed by atoms with Crippen molar-refractivity contribution in [1.29, 1.82) is 0 Å². The third-order valence-corrected chi connectivity index (χ3v) is 3.71. The van der Waals surface area contributed by atoms with E-state index in [1.807, 2.05) is 18.5 Å². The van der Waals surface area contributed by atoms with Crippen molar-refractivity contribution in [2.75, 3.05) is 5.75 Å². The van der Waals surface area contributed by atoms with Gasteiger partial charge in [-0.15, -0.1) is 0 Å². The van der Waals surface area contributed by atoms with Gasteiger partial charge < -0.3 is 0 Å². The zero-order valence-corrected chi connectivity index (χ0v) is 10.1. The predicted molar refractivity (Wildman–Crippen MR) is 58.9 cm³/mol. The minimum atomic E-state index is -3.12. The SMILES string of the molecule is CCn1ncc(CNS(=O)(=O)CC)c1C. The molecule has 0 aliphatic heterocycles. The van der Waals surface area contributed by atoms with Crippen molar-refractivity contribution in [1.82, 2.24) is 14.5 Å². The number of aryl methyl sites for hydroxylation is 1. The number of nitrogens with one attached hydrogen (secondary N) is 1. The van der Waals surface area contributed by atoms with Gasteiger partial charge in [-0.1, -0.05) is 0 Å². The Hall–Kier alpha value is -0.880. The summed E-state index contributed by atoms with van der Waals surface area (Å²) >= 11 is 0. The minimum absolute atomic E-state index is 0.105. The van der Waals surface area contributed by atoms with Crippen molar-refractivity contribution in [2.45, 2.75) is 33.9 Å². The molecule has 1 heterocycles. The summed E-state index contributed by atoms with van der Waals surface area (Å²) in [5.41, 5.74) is 1.94. The van der Waals surface area contributed by atoms with Crippen LogP contribution in [0.2, 0.25) is 0 Å². The highest BCUT2D eigenvalue weighted by atomic mass is 32.2. The molecule has 0 radical (unpaired) electrons. The number of nitrogens with zero attached hydrogens (tertiary/aromatic N) is 2. The van der Waals surface area contributed by atoms with Crippen LogP contribution in [0.4, 0.5) is 0 Å². The fourth-order valence-corrected chi connectivity index (χ4v) is 1.85. The van der Waals surface area contributed by atoms with Crippen molar-refractivity contribution >= 4 is 10.0 Å². The van der Waals surface area contributed by atoms with E-state index in [2.05, 4.69) is 9.82 Å². The fourth-order valence-electron chi connectivity index (χ4n) is 1.27. The maximum atomic E-state index is 11.2. The third kappa shape index (κ3) is 3.04. The smallest absolute Gasteiger partial charge is 0.211 e. The van der Waals surface area contributed by atoms with Gasteiger partial charge in [0, 0.05) is 24.3 Å². The fraction of sp³-hybridized carbons (Fsp3) is 0.667. The lowest BCUT2D eigenvalue weighted by Gasteiger charge is -2.04. The van der Waals surface area contributed by atoms with Crippen molar-refractivity contribution in [3.05, 3.63) is 17.5 Å². The molecule has 0 unspecified atom stereocenters. The van der Waals surface area contributed by atoms with Crippen LogP contribution in [0.1, 0.15) is 25.1 Å². The molecule has 0 bridgehead atoms. The maximum absolute atomic E-state index is 11.2. The predicted octanol–water partition coefficient (Wildman–Crippen LogP) is 0.651. The van der Waals surface area contributed by atoms with Crippen molar-refractivity contribution in [2.24, 2.45) is 0 Å². The van der Waals surface area contributed by atoms with E-state index in [4.69, 9.17) is 0 Å². The van der Waals surface area contributed by atoms with Crippen LogP contribution in [0.5, 0.6) is 0 Å². The number of rotatable bonds is 5. The zero-order chi connectivity index (χ0) is 11.5. The molecule has 0 amide bonds. The minimum Gasteiger partial charge on any atom is -0.270 e. The molecule has 0 aromatic carbocycles. The first kappa shape index (κ1) is 12.2. The Morgan fingerprint density at radius 1 is 1.47 bits per heavy atom. The van der Waals surface area contributed by atoms with Gasteiger partial charge in [-0.2, -0.15) is 5.10 Å². The molecule has 5 nitrogen and oxygen atoms in total. The van der Waals surface area contributed by atoms with Crippen LogP contribution in [0.25, 0.3) is 0 Å². The van der Waals surface area contributed by atoms with Gasteiger partial charge in [0.2, 0.25) is 10.0 Å². The van der Waals surface area contributed by atoms with Crippen LogP contribution in [-0.4, -0.2) is 24.0 Å². The highest BCUT2D eigenvalue weighted by Crippen LogP contribution is 2.06. The van der Waals surface area contributed by atoms with Gasteiger partial charge >= 0.3 is 0 Å². The van der Waals surface area contributed by atoms with Crippen LogP contribution < -0.4 is 4.72 Å². The van der Waals surface area contributed by atoms with E-state index < -0.39 is 10.0 Å². The number of aromatic nitrogens is 2. The van der Waals surface area contributed by atoms with Crippen LogP contribution in [-0.2, 0) is 23.1 Å². The molecule has 1 N–H and O–H groups in total. The van der Waals surface area contributed by atoms with E-state index in [-0.39, 0.29) is 5.75 Å². The first-order valence-corrected chi connectivity index (χ1v) is 6.64. The molecular weight excluding hydrogens is 214 g/mol. The first-order valence-electron chi connectivity index (χ1n) is 4.98. The number of hydrogen-bond donors (Lipinski definition) is 1. The summed E-state index contributed by atoms with van der Waals surface area (Å²) < 4.78 is 26.8. The van der Waals surface area contributed by atoms with E-state index in [9.17, 15) is 8.42 Å². The Morgan fingerprint density at radius 2 is 2.13 bits per heavy atom. The molecule has 1 rings (SSSR count). The quantitative estimate of drug-likeness (QED) is 0.809. The number of hydrogen-bond acceptors (Lipinski definition) is 3. The van der Waals surface area contributed by atoms with Gasteiger partial charge in [0.05, 0.1) is 11.9 Å². The molecule has 0 fully saturated rings. The van der Waals surface area contributed by atoms with E-state index in [0.29, 0.717) is 6.54 Å². The first-order chi connectivity index (χ1) is 7.00. The summed E-state index contributed by atoms with van der Waals surface area (Å²) in [5, 5.41) is 4.14. The zero-order valence-electron chi connectivity index (χ0n) is 9.32. The molecule has 0 saturated carbocycles. The summed E-state index contributed by atoms with van der Waals surface area (Å²) in [7, 11) is -3.12. The normalized spacial score (nSPS) is 11.9. The van der Waals surface area contributed by atoms with Crippen molar-refractivity contribution in [3.8, 4) is 0 Å². The largest absolute Gasteiger partial charge is 0.270 e. The van der Waals surface area contributed by atoms with Gasteiger partial charge in [-0.25, -0.2) is 13.1 Å². The summed E-state index contributed by atoms with van der Waals surface area (Å²) in [6.45, 7) is 6.67. The Bertz CT molecular complexity index is 423. The van der Waals surface area contributed by atoms with Crippen molar-refractivity contribution in [3.63, 3.8) is 0 Å². The van der Waals surface area contributed by atoms with E-state index in [1.54, 1.807) is 13.1 Å². The molecule has 86 valence electrons. The van der Waals surface area contributed by atoms with Gasteiger partial charge in [0.15, 0.2) is 0 Å². The maximum Gasteiger partial charge on any atom is 0.211 e. The molecule has 15 heavy (non-hydrogen) atoms. The van der Waals surface area contributed by atoms with Gasteiger partial charge in [-0.05, 0) is 20.8 Å². The second-order valence-electron chi connectivity index (χ2n) is 3.30. The lowest BCUT2D eigenvalue weighted by atomic mass is 10.3. The van der Waals surface area contributed by atoms with Crippen molar-refractivity contribution < 1.29 is 8.42 Å². The topological polar surface area (TPSA) is 64.0 Å². The number of sulfonamides is 1. The lowest BCUT2D eigenvalue weighted by molar-refractivity contribution is 0.582. The van der Waals surface area contributed by atoms with Crippen LogP contribution in [0.15, 0.2) is 6.20 Å². The average molecular weight is 231 g/mol. The van der Waals surface area contributed by atoms with E-state index >= 15 is 0 Å². The second-order valence-corrected chi connectivity index (χ2v) is 5.39. The molecule has 0 atom stereocenters. The highest BCUT2D eigenvalue weighted by molar-refractivity contribution is 7.89.